The van der Waals surface area contributed by atoms with Gasteiger partial charge in [0.2, 0.25) is 5.91 Å². The third-order valence-corrected chi connectivity index (χ3v) is 6.79. The Labute approximate surface area is 172 Å². The van der Waals surface area contributed by atoms with E-state index in [2.05, 4.69) is 23.7 Å². The van der Waals surface area contributed by atoms with Crippen molar-refractivity contribution in [2.75, 3.05) is 13.1 Å². The Morgan fingerprint density at radius 2 is 1.86 bits per heavy atom. The van der Waals surface area contributed by atoms with Crippen LogP contribution in [0.1, 0.15) is 51.8 Å². The summed E-state index contributed by atoms with van der Waals surface area (Å²) in [7, 11) is 0. The van der Waals surface area contributed by atoms with Crippen LogP contribution in [0.5, 0.6) is 0 Å². The molecule has 2 aliphatic rings. The minimum absolute atomic E-state index is 0.0582. The predicted molar refractivity (Wildman–Crippen MR) is 115 cm³/mol. The van der Waals surface area contributed by atoms with Gasteiger partial charge in [0.05, 0.1) is 10.9 Å². The Hall–Kier alpha value is -2.21. The first-order valence-corrected chi connectivity index (χ1v) is 11.0. The monoisotopic (exact) mass is 396 g/mol. The van der Waals surface area contributed by atoms with Gasteiger partial charge < -0.3 is 4.90 Å². The highest BCUT2D eigenvalue weighted by Gasteiger charge is 2.36. The molecule has 4 rings (SSSR count). The van der Waals surface area contributed by atoms with Gasteiger partial charge in [-0.15, -0.1) is 0 Å². The molecule has 2 saturated heterocycles. The Bertz CT molecular complexity index is 944. The summed E-state index contributed by atoms with van der Waals surface area (Å²) >= 11 is 0. The van der Waals surface area contributed by atoms with E-state index in [9.17, 15) is 9.59 Å². The zero-order chi connectivity index (χ0) is 20.5. The van der Waals surface area contributed by atoms with Gasteiger partial charge in [0.25, 0.3) is 5.56 Å². The van der Waals surface area contributed by atoms with Crippen molar-refractivity contribution in [1.82, 2.24) is 19.4 Å². The van der Waals surface area contributed by atoms with Crippen molar-refractivity contribution in [1.29, 1.82) is 0 Å². The number of likely N-dealkylation sites (tertiary alicyclic amines) is 2. The SMILES string of the molecule is Cc1nc2ccccc2c(=O)n1CCC(=O)N1CCC[C@H](N2[C@H](C)CC[C@H]2C)C1. The van der Waals surface area contributed by atoms with Crippen LogP contribution < -0.4 is 5.56 Å². The largest absolute Gasteiger partial charge is 0.341 e. The van der Waals surface area contributed by atoms with E-state index in [-0.39, 0.29) is 11.5 Å². The number of rotatable bonds is 4. The second-order valence-corrected chi connectivity index (χ2v) is 8.74. The number of para-hydroxylation sites is 1. The van der Waals surface area contributed by atoms with E-state index >= 15 is 0 Å². The number of piperidine rings is 1. The van der Waals surface area contributed by atoms with Crippen LogP contribution in [-0.2, 0) is 11.3 Å². The molecular weight excluding hydrogens is 364 g/mol. The lowest BCUT2D eigenvalue weighted by Crippen LogP contribution is -2.52. The van der Waals surface area contributed by atoms with E-state index in [0.29, 0.717) is 47.8 Å². The topological polar surface area (TPSA) is 58.4 Å². The van der Waals surface area contributed by atoms with Crippen LogP contribution in [0.15, 0.2) is 29.1 Å². The van der Waals surface area contributed by atoms with Crippen LogP contribution in [0.25, 0.3) is 10.9 Å². The van der Waals surface area contributed by atoms with E-state index in [4.69, 9.17) is 0 Å². The third-order valence-electron chi connectivity index (χ3n) is 6.79. The number of hydrogen-bond acceptors (Lipinski definition) is 4. The van der Waals surface area contributed by atoms with Gasteiger partial charge in [-0.2, -0.15) is 0 Å². The standard InChI is InChI=1S/C23H32N4O2/c1-16-10-11-17(2)27(16)19-7-6-13-25(15-19)22(28)12-14-26-18(3)24-21-9-5-4-8-20(21)23(26)29/h4-5,8-9,16-17,19H,6-7,10-15H2,1-3H3/t16-,17-,19+/m1/s1. The highest BCUT2D eigenvalue weighted by molar-refractivity contribution is 5.78. The summed E-state index contributed by atoms with van der Waals surface area (Å²) < 4.78 is 1.65. The number of aryl methyl sites for hydroxylation is 1. The lowest BCUT2D eigenvalue weighted by molar-refractivity contribution is -0.133. The fourth-order valence-electron chi connectivity index (χ4n) is 5.27. The second-order valence-electron chi connectivity index (χ2n) is 8.74. The van der Waals surface area contributed by atoms with Gasteiger partial charge in [0, 0.05) is 44.2 Å². The Kier molecular flexibility index (Phi) is 5.72. The molecule has 0 saturated carbocycles. The molecule has 0 radical (unpaired) electrons. The Morgan fingerprint density at radius 3 is 2.62 bits per heavy atom. The minimum atomic E-state index is -0.0582. The fourth-order valence-corrected chi connectivity index (χ4v) is 5.27. The van der Waals surface area contributed by atoms with Crippen LogP contribution in [0.2, 0.25) is 0 Å². The smallest absolute Gasteiger partial charge is 0.261 e. The van der Waals surface area contributed by atoms with Crippen molar-refractivity contribution in [2.45, 2.75) is 77.5 Å². The number of amides is 1. The molecule has 0 N–H and O–H groups in total. The lowest BCUT2D eigenvalue weighted by Gasteiger charge is -2.41. The molecule has 1 aromatic carbocycles. The summed E-state index contributed by atoms with van der Waals surface area (Å²) in [6.45, 7) is 8.50. The predicted octanol–water partition coefficient (Wildman–Crippen LogP) is 2.96. The number of carbonyl (C=O) groups is 1. The Morgan fingerprint density at radius 1 is 1.14 bits per heavy atom. The first-order valence-electron chi connectivity index (χ1n) is 11.0. The van der Waals surface area contributed by atoms with Crippen LogP contribution in [0, 0.1) is 6.92 Å². The van der Waals surface area contributed by atoms with Crippen molar-refractivity contribution < 1.29 is 4.79 Å². The van der Waals surface area contributed by atoms with Gasteiger partial charge >= 0.3 is 0 Å². The number of fused-ring (bicyclic) bond motifs is 1. The van der Waals surface area contributed by atoms with Gasteiger partial charge in [-0.25, -0.2) is 4.98 Å². The van der Waals surface area contributed by atoms with E-state index in [1.165, 1.54) is 19.3 Å². The minimum Gasteiger partial charge on any atom is -0.341 e. The van der Waals surface area contributed by atoms with Crippen LogP contribution in [0.3, 0.4) is 0 Å². The first-order chi connectivity index (χ1) is 14.0. The molecule has 0 aliphatic carbocycles. The second kappa shape index (κ2) is 8.27. The van der Waals surface area contributed by atoms with Crippen molar-refractivity contribution in [3.8, 4) is 0 Å². The molecule has 29 heavy (non-hydrogen) atoms. The van der Waals surface area contributed by atoms with Crippen LogP contribution >= 0.6 is 0 Å². The summed E-state index contributed by atoms with van der Waals surface area (Å²) in [4.78, 5) is 35.0. The molecule has 1 amide bonds. The average Bonchev–Trinajstić information content (AvgIpc) is 3.06. The molecule has 0 unspecified atom stereocenters. The summed E-state index contributed by atoms with van der Waals surface area (Å²) in [5.41, 5.74) is 0.655. The van der Waals surface area contributed by atoms with E-state index in [1.807, 2.05) is 30.0 Å². The van der Waals surface area contributed by atoms with Gasteiger partial charge in [-0.05, 0) is 58.6 Å². The number of hydrogen-bond donors (Lipinski definition) is 0. The number of benzene rings is 1. The number of aromatic nitrogens is 2. The third kappa shape index (κ3) is 3.95. The van der Waals surface area contributed by atoms with E-state index in [0.717, 1.165) is 19.5 Å². The van der Waals surface area contributed by atoms with Crippen molar-refractivity contribution in [3.05, 3.63) is 40.4 Å². The molecule has 6 heteroatoms. The maximum Gasteiger partial charge on any atom is 0.261 e. The van der Waals surface area contributed by atoms with Crippen LogP contribution in [0.4, 0.5) is 0 Å². The number of carbonyl (C=O) groups excluding carboxylic acids is 1. The van der Waals surface area contributed by atoms with E-state index < -0.39 is 0 Å². The molecule has 156 valence electrons. The molecule has 3 heterocycles. The maximum atomic E-state index is 13.0. The summed E-state index contributed by atoms with van der Waals surface area (Å²) in [5.74, 6) is 0.811. The van der Waals surface area contributed by atoms with Gasteiger partial charge in [-0.1, -0.05) is 12.1 Å². The molecule has 2 aliphatic heterocycles. The van der Waals surface area contributed by atoms with Gasteiger partial charge in [0.15, 0.2) is 0 Å². The normalized spacial score (nSPS) is 25.6. The van der Waals surface area contributed by atoms with Gasteiger partial charge in [-0.3, -0.25) is 19.1 Å². The molecule has 1 aromatic heterocycles. The highest BCUT2D eigenvalue weighted by Crippen LogP contribution is 2.29. The van der Waals surface area contributed by atoms with Crippen molar-refractivity contribution in [3.63, 3.8) is 0 Å². The zero-order valence-electron chi connectivity index (χ0n) is 17.8. The van der Waals surface area contributed by atoms with Gasteiger partial charge in [0.1, 0.15) is 5.82 Å². The molecule has 3 atom stereocenters. The highest BCUT2D eigenvalue weighted by atomic mass is 16.2. The molecule has 6 nitrogen and oxygen atoms in total. The van der Waals surface area contributed by atoms with Crippen LogP contribution in [-0.4, -0.2) is 56.5 Å². The van der Waals surface area contributed by atoms with Crippen molar-refractivity contribution >= 4 is 16.8 Å². The molecule has 2 aromatic rings. The lowest BCUT2D eigenvalue weighted by atomic mass is 10.0. The summed E-state index contributed by atoms with van der Waals surface area (Å²) in [6, 6.07) is 9.07. The molecule has 2 fully saturated rings. The molecule has 0 spiro atoms. The van der Waals surface area contributed by atoms with E-state index in [1.54, 1.807) is 10.6 Å². The first kappa shape index (κ1) is 20.1. The van der Waals surface area contributed by atoms with Crippen molar-refractivity contribution in [2.24, 2.45) is 0 Å². The quantitative estimate of drug-likeness (QED) is 0.797. The zero-order valence-corrected chi connectivity index (χ0v) is 17.8. The summed E-state index contributed by atoms with van der Waals surface area (Å²) in [5, 5.41) is 0.612. The fraction of sp³-hybridized carbons (Fsp3) is 0.609. The summed E-state index contributed by atoms with van der Waals surface area (Å²) in [6.07, 6.45) is 5.08. The maximum absolute atomic E-state index is 13.0. The Balaban J connectivity index is 1.43. The number of nitrogens with zero attached hydrogens (tertiary/aromatic N) is 4. The molecular formula is C23H32N4O2. The average molecular weight is 397 g/mol. The molecule has 0 bridgehead atoms.